The van der Waals surface area contributed by atoms with E-state index in [1.165, 1.54) is 15.9 Å². The molecule has 1 amide bonds. The molecule has 0 aliphatic rings. The van der Waals surface area contributed by atoms with Gasteiger partial charge >= 0.3 is 0 Å². The van der Waals surface area contributed by atoms with Crippen LogP contribution in [0, 0.1) is 6.92 Å². The third-order valence-electron chi connectivity index (χ3n) is 3.76. The number of hydrogen-bond donors (Lipinski definition) is 2. The second kappa shape index (κ2) is 6.41. The second-order valence-corrected chi connectivity index (χ2v) is 7.12. The van der Waals surface area contributed by atoms with Crippen molar-refractivity contribution in [3.05, 3.63) is 55.6 Å². The van der Waals surface area contributed by atoms with Crippen LogP contribution in [0.15, 0.2) is 38.9 Å². The summed E-state index contributed by atoms with van der Waals surface area (Å²) in [5.41, 5.74) is 1.48. The normalized spacial score (nSPS) is 11.0. The van der Waals surface area contributed by atoms with E-state index >= 15 is 0 Å². The predicted octanol–water partition coefficient (Wildman–Crippen LogP) is 4.11. The van der Waals surface area contributed by atoms with Gasteiger partial charge in [0.2, 0.25) is 0 Å². The molecule has 5 nitrogen and oxygen atoms in total. The number of hydrogen-bond acceptors (Lipinski definition) is 4. The van der Waals surface area contributed by atoms with Gasteiger partial charge in [-0.05, 0) is 58.9 Å². The van der Waals surface area contributed by atoms with E-state index in [-0.39, 0.29) is 11.3 Å². The minimum Gasteiger partial charge on any atom is -0.505 e. The van der Waals surface area contributed by atoms with E-state index in [1.807, 2.05) is 26.0 Å². The highest BCUT2D eigenvalue weighted by molar-refractivity contribution is 9.10. The highest BCUT2D eigenvalue weighted by atomic mass is 79.9. The van der Waals surface area contributed by atoms with Crippen molar-refractivity contribution < 1.29 is 9.90 Å². The Balaban J connectivity index is 2.11. The van der Waals surface area contributed by atoms with Gasteiger partial charge < -0.3 is 15.0 Å². The largest absolute Gasteiger partial charge is 0.505 e. The Bertz CT molecular complexity index is 1010. The van der Waals surface area contributed by atoms with Gasteiger partial charge in [0, 0.05) is 11.0 Å². The fraction of sp³-hybridized carbons (Fsp3) is 0.176. The first-order valence-corrected chi connectivity index (χ1v) is 9.01. The zero-order chi connectivity index (χ0) is 17.4. The zero-order valence-electron chi connectivity index (χ0n) is 13.1. The lowest BCUT2D eigenvalue weighted by atomic mass is 10.2. The lowest BCUT2D eigenvalue weighted by Gasteiger charge is -2.12. The van der Waals surface area contributed by atoms with Crippen LogP contribution < -0.4 is 10.9 Å². The van der Waals surface area contributed by atoms with Crippen LogP contribution in [0.25, 0.3) is 10.2 Å². The SMILES string of the molecule is CCn1c(=O)c(C(=O)Nc2ccc(C)cc2Br)c(O)c2sccc21. The number of amides is 1. The van der Waals surface area contributed by atoms with Crippen molar-refractivity contribution in [3.63, 3.8) is 0 Å². The number of aryl methyl sites for hydroxylation is 2. The summed E-state index contributed by atoms with van der Waals surface area (Å²) in [5.74, 6) is -0.894. The molecule has 0 saturated carbocycles. The van der Waals surface area contributed by atoms with Crippen LogP contribution in [-0.2, 0) is 6.54 Å². The topological polar surface area (TPSA) is 71.3 Å². The minimum absolute atomic E-state index is 0.237. The molecule has 0 atom stereocenters. The Morgan fingerprint density at radius 3 is 2.79 bits per heavy atom. The third kappa shape index (κ3) is 2.74. The van der Waals surface area contributed by atoms with Crippen LogP contribution in [0.3, 0.4) is 0 Å². The summed E-state index contributed by atoms with van der Waals surface area (Å²) in [6, 6.07) is 7.23. The molecule has 0 radical (unpaired) electrons. The van der Waals surface area contributed by atoms with E-state index in [2.05, 4.69) is 21.2 Å². The molecule has 1 aromatic carbocycles. The molecule has 0 unspecified atom stereocenters. The first kappa shape index (κ1) is 16.7. The molecule has 0 aliphatic heterocycles. The number of anilines is 1. The molecule has 2 aromatic heterocycles. The highest BCUT2D eigenvalue weighted by Crippen LogP contribution is 2.32. The molecule has 0 bridgehead atoms. The third-order valence-corrected chi connectivity index (χ3v) is 5.33. The van der Waals surface area contributed by atoms with E-state index < -0.39 is 11.5 Å². The number of nitrogens with one attached hydrogen (secondary N) is 1. The average molecular weight is 407 g/mol. The Hall–Kier alpha value is -2.12. The second-order valence-electron chi connectivity index (χ2n) is 5.35. The lowest BCUT2D eigenvalue weighted by Crippen LogP contribution is -2.29. The molecule has 3 rings (SSSR count). The average Bonchev–Trinajstić information content (AvgIpc) is 3.00. The van der Waals surface area contributed by atoms with Gasteiger partial charge in [0.25, 0.3) is 11.5 Å². The number of carbonyl (C=O) groups is 1. The molecule has 0 aliphatic carbocycles. The van der Waals surface area contributed by atoms with E-state index in [0.717, 1.165) is 5.56 Å². The van der Waals surface area contributed by atoms with Gasteiger partial charge in [-0.15, -0.1) is 11.3 Å². The van der Waals surface area contributed by atoms with Gasteiger partial charge in [-0.25, -0.2) is 0 Å². The summed E-state index contributed by atoms with van der Waals surface area (Å²) in [5, 5.41) is 14.9. The molecule has 0 spiro atoms. The number of aromatic hydroxyl groups is 1. The van der Waals surface area contributed by atoms with E-state index in [1.54, 1.807) is 17.5 Å². The molecule has 3 aromatic rings. The van der Waals surface area contributed by atoms with Gasteiger partial charge in [-0.2, -0.15) is 0 Å². The number of benzene rings is 1. The first-order chi connectivity index (χ1) is 11.4. The van der Waals surface area contributed by atoms with Crippen molar-refractivity contribution in [2.45, 2.75) is 20.4 Å². The van der Waals surface area contributed by atoms with E-state index in [9.17, 15) is 14.7 Å². The highest BCUT2D eigenvalue weighted by Gasteiger charge is 2.23. The predicted molar refractivity (Wildman–Crippen MR) is 100 cm³/mol. The molecule has 0 saturated heterocycles. The maximum Gasteiger partial charge on any atom is 0.267 e. The number of nitrogens with zero attached hydrogens (tertiary/aromatic N) is 1. The number of rotatable bonds is 3. The van der Waals surface area contributed by atoms with Crippen molar-refractivity contribution in [1.29, 1.82) is 0 Å². The van der Waals surface area contributed by atoms with Gasteiger partial charge in [0.1, 0.15) is 5.56 Å². The molecular weight excluding hydrogens is 392 g/mol. The Morgan fingerprint density at radius 1 is 1.38 bits per heavy atom. The van der Waals surface area contributed by atoms with Crippen molar-refractivity contribution in [1.82, 2.24) is 4.57 Å². The van der Waals surface area contributed by atoms with Crippen LogP contribution in [0.5, 0.6) is 5.75 Å². The summed E-state index contributed by atoms with van der Waals surface area (Å²) in [6.45, 7) is 4.18. The number of aromatic nitrogens is 1. The van der Waals surface area contributed by atoms with Crippen LogP contribution in [0.2, 0.25) is 0 Å². The minimum atomic E-state index is -0.625. The number of thiophene rings is 1. The van der Waals surface area contributed by atoms with Crippen molar-refractivity contribution in [2.24, 2.45) is 0 Å². The Morgan fingerprint density at radius 2 is 2.12 bits per heavy atom. The number of fused-ring (bicyclic) bond motifs is 1. The molecule has 2 N–H and O–H groups in total. The first-order valence-electron chi connectivity index (χ1n) is 7.34. The maximum absolute atomic E-state index is 12.6. The smallest absolute Gasteiger partial charge is 0.267 e. The molecule has 0 fully saturated rings. The fourth-order valence-electron chi connectivity index (χ4n) is 2.58. The Labute approximate surface area is 150 Å². The standard InChI is InChI=1S/C17H15BrN2O3S/c1-3-20-12-6-7-24-15(12)14(21)13(17(20)23)16(22)19-11-5-4-9(2)8-10(11)18/h4-8,21H,3H2,1-2H3,(H,19,22). The summed E-state index contributed by atoms with van der Waals surface area (Å²) in [7, 11) is 0. The van der Waals surface area contributed by atoms with E-state index in [0.29, 0.717) is 26.9 Å². The summed E-state index contributed by atoms with van der Waals surface area (Å²) >= 11 is 4.68. The summed E-state index contributed by atoms with van der Waals surface area (Å²) in [6.07, 6.45) is 0. The molecular formula is C17H15BrN2O3S. The number of pyridine rings is 1. The number of carbonyl (C=O) groups excluding carboxylic acids is 1. The quantitative estimate of drug-likeness (QED) is 0.687. The van der Waals surface area contributed by atoms with Crippen LogP contribution in [0.4, 0.5) is 5.69 Å². The maximum atomic E-state index is 12.6. The summed E-state index contributed by atoms with van der Waals surface area (Å²) in [4.78, 5) is 25.3. The lowest BCUT2D eigenvalue weighted by molar-refractivity contribution is 0.102. The van der Waals surface area contributed by atoms with Crippen molar-refractivity contribution >= 4 is 49.1 Å². The van der Waals surface area contributed by atoms with Crippen LogP contribution in [-0.4, -0.2) is 15.6 Å². The number of halogens is 1. The molecule has 24 heavy (non-hydrogen) atoms. The van der Waals surface area contributed by atoms with Crippen molar-refractivity contribution in [2.75, 3.05) is 5.32 Å². The molecule has 7 heteroatoms. The van der Waals surface area contributed by atoms with Gasteiger partial charge in [0.15, 0.2) is 5.75 Å². The van der Waals surface area contributed by atoms with Gasteiger partial charge in [-0.3, -0.25) is 9.59 Å². The van der Waals surface area contributed by atoms with Gasteiger partial charge in [0.05, 0.1) is 15.9 Å². The van der Waals surface area contributed by atoms with Crippen LogP contribution >= 0.6 is 27.3 Å². The molecule has 2 heterocycles. The fourth-order valence-corrected chi connectivity index (χ4v) is 4.01. The van der Waals surface area contributed by atoms with Gasteiger partial charge in [-0.1, -0.05) is 6.07 Å². The summed E-state index contributed by atoms with van der Waals surface area (Å²) < 4.78 is 2.73. The Kier molecular flexibility index (Phi) is 4.47. The monoisotopic (exact) mass is 406 g/mol. The molecule has 124 valence electrons. The van der Waals surface area contributed by atoms with Crippen molar-refractivity contribution in [3.8, 4) is 5.75 Å². The zero-order valence-corrected chi connectivity index (χ0v) is 15.5. The van der Waals surface area contributed by atoms with Crippen LogP contribution in [0.1, 0.15) is 22.8 Å². The van der Waals surface area contributed by atoms with E-state index in [4.69, 9.17) is 0 Å².